The van der Waals surface area contributed by atoms with Gasteiger partial charge in [0, 0.05) is 22.9 Å². The van der Waals surface area contributed by atoms with Gasteiger partial charge in [-0.1, -0.05) is 72.3 Å². The van der Waals surface area contributed by atoms with Gasteiger partial charge in [0.1, 0.15) is 0 Å². The van der Waals surface area contributed by atoms with E-state index in [-0.39, 0.29) is 11.9 Å². The van der Waals surface area contributed by atoms with Gasteiger partial charge in [0.05, 0.1) is 6.04 Å². The van der Waals surface area contributed by atoms with Gasteiger partial charge in [-0.3, -0.25) is 4.79 Å². The van der Waals surface area contributed by atoms with Crippen molar-refractivity contribution >= 4 is 28.1 Å². The second kappa shape index (κ2) is 7.93. The number of amides is 1. The molecule has 1 amide bonds. The molecule has 1 aliphatic carbocycles. The van der Waals surface area contributed by atoms with E-state index in [0.717, 1.165) is 17.7 Å². The van der Waals surface area contributed by atoms with E-state index in [2.05, 4.69) is 71.3 Å². The SMILES string of the molecule is Cc1ccc(C(=O)Nc2cccc([C@@H]3Nc4ccc5ccccc5c4[C@@H]4C=CC[C@@H]43)c2)cc1. The summed E-state index contributed by atoms with van der Waals surface area (Å²) in [5.41, 5.74) is 6.46. The van der Waals surface area contributed by atoms with Crippen LogP contribution in [0.5, 0.6) is 0 Å². The van der Waals surface area contributed by atoms with Crippen molar-refractivity contribution in [3.05, 3.63) is 119 Å². The van der Waals surface area contributed by atoms with Gasteiger partial charge in [-0.15, -0.1) is 0 Å². The molecule has 162 valence electrons. The summed E-state index contributed by atoms with van der Waals surface area (Å²) in [6.45, 7) is 2.02. The van der Waals surface area contributed by atoms with Crippen LogP contribution in [0.15, 0.2) is 97.1 Å². The number of carbonyl (C=O) groups excluding carboxylic acids is 1. The topological polar surface area (TPSA) is 41.1 Å². The lowest BCUT2D eigenvalue weighted by molar-refractivity contribution is 0.102. The maximum atomic E-state index is 12.7. The van der Waals surface area contributed by atoms with Crippen LogP contribution in [-0.4, -0.2) is 5.91 Å². The number of anilines is 2. The van der Waals surface area contributed by atoms with Crippen molar-refractivity contribution < 1.29 is 4.79 Å². The summed E-state index contributed by atoms with van der Waals surface area (Å²) in [5, 5.41) is 9.54. The van der Waals surface area contributed by atoms with Crippen LogP contribution in [0.4, 0.5) is 11.4 Å². The van der Waals surface area contributed by atoms with Gasteiger partial charge in [-0.25, -0.2) is 0 Å². The molecule has 1 heterocycles. The number of allylic oxidation sites excluding steroid dienone is 2. The smallest absolute Gasteiger partial charge is 0.255 e. The largest absolute Gasteiger partial charge is 0.378 e. The molecule has 3 heteroatoms. The van der Waals surface area contributed by atoms with Crippen molar-refractivity contribution in [3.63, 3.8) is 0 Å². The molecule has 0 spiro atoms. The normalized spacial score (nSPS) is 20.7. The fourth-order valence-corrected chi connectivity index (χ4v) is 5.43. The molecule has 0 bridgehead atoms. The van der Waals surface area contributed by atoms with Crippen molar-refractivity contribution in [1.82, 2.24) is 0 Å². The molecule has 2 N–H and O–H groups in total. The monoisotopic (exact) mass is 430 g/mol. The lowest BCUT2D eigenvalue weighted by atomic mass is 9.75. The first-order valence-electron chi connectivity index (χ1n) is 11.6. The molecule has 0 radical (unpaired) electrons. The molecule has 3 nitrogen and oxygen atoms in total. The average Bonchev–Trinajstić information content (AvgIpc) is 3.34. The third-order valence-electron chi connectivity index (χ3n) is 7.07. The molecule has 3 atom stereocenters. The Morgan fingerprint density at radius 3 is 2.67 bits per heavy atom. The van der Waals surface area contributed by atoms with E-state index in [1.54, 1.807) is 0 Å². The minimum Gasteiger partial charge on any atom is -0.378 e. The molecule has 2 aliphatic rings. The first-order chi connectivity index (χ1) is 16.2. The Morgan fingerprint density at radius 2 is 1.79 bits per heavy atom. The van der Waals surface area contributed by atoms with Crippen molar-refractivity contribution in [2.75, 3.05) is 10.6 Å². The van der Waals surface area contributed by atoms with Crippen molar-refractivity contribution in [3.8, 4) is 0 Å². The number of hydrogen-bond acceptors (Lipinski definition) is 2. The molecule has 0 unspecified atom stereocenters. The molecule has 4 aromatic carbocycles. The predicted octanol–water partition coefficient (Wildman–Crippen LogP) is 7.23. The number of nitrogens with one attached hydrogen (secondary N) is 2. The summed E-state index contributed by atoms with van der Waals surface area (Å²) in [4.78, 5) is 12.7. The third-order valence-corrected chi connectivity index (χ3v) is 7.07. The fourth-order valence-electron chi connectivity index (χ4n) is 5.43. The van der Waals surface area contributed by atoms with Crippen LogP contribution in [0.1, 0.15) is 45.4 Å². The molecule has 0 saturated carbocycles. The summed E-state index contributed by atoms with van der Waals surface area (Å²) in [6, 6.07) is 29.2. The van der Waals surface area contributed by atoms with Crippen LogP contribution in [-0.2, 0) is 0 Å². The first kappa shape index (κ1) is 19.8. The molecular formula is C30H26N2O. The number of rotatable bonds is 3. The third kappa shape index (κ3) is 3.50. The highest BCUT2D eigenvalue weighted by Crippen LogP contribution is 2.51. The van der Waals surface area contributed by atoms with Gasteiger partial charge in [0.15, 0.2) is 0 Å². The maximum absolute atomic E-state index is 12.7. The maximum Gasteiger partial charge on any atom is 0.255 e. The summed E-state index contributed by atoms with van der Waals surface area (Å²) in [5.74, 6) is 0.760. The number of benzene rings is 4. The fraction of sp³-hybridized carbons (Fsp3) is 0.167. The Hall–Kier alpha value is -3.85. The predicted molar refractivity (Wildman–Crippen MR) is 136 cm³/mol. The summed E-state index contributed by atoms with van der Waals surface area (Å²) in [6.07, 6.45) is 5.75. The first-order valence-corrected chi connectivity index (χ1v) is 11.6. The quantitative estimate of drug-likeness (QED) is 0.337. The van der Waals surface area contributed by atoms with Crippen LogP contribution in [0.3, 0.4) is 0 Å². The number of fused-ring (bicyclic) bond motifs is 5. The summed E-state index contributed by atoms with van der Waals surface area (Å²) in [7, 11) is 0. The Morgan fingerprint density at radius 1 is 0.939 bits per heavy atom. The highest BCUT2D eigenvalue weighted by molar-refractivity contribution is 6.04. The molecule has 4 aromatic rings. The van der Waals surface area contributed by atoms with Crippen molar-refractivity contribution in [1.29, 1.82) is 0 Å². The molecule has 33 heavy (non-hydrogen) atoms. The molecule has 0 fully saturated rings. The zero-order valence-electron chi connectivity index (χ0n) is 18.6. The zero-order valence-corrected chi connectivity index (χ0v) is 18.6. The minimum absolute atomic E-state index is 0.0824. The Bertz CT molecular complexity index is 1390. The second-order valence-electron chi connectivity index (χ2n) is 9.17. The standard InChI is InChI=1S/C30H26N2O/c1-19-12-14-21(15-13-19)30(33)31-23-8-4-7-22(18-23)29-26-11-5-10-25(26)28-24-9-3-2-6-20(24)16-17-27(28)32-29/h2-10,12-18,25-26,29,32H,11H2,1H3,(H,31,33)/t25-,26+,29+/m1/s1. The van der Waals surface area contributed by atoms with Gasteiger partial charge in [-0.05, 0) is 71.5 Å². The summed E-state index contributed by atoms with van der Waals surface area (Å²) >= 11 is 0. The zero-order chi connectivity index (χ0) is 22.4. The van der Waals surface area contributed by atoms with Crippen LogP contribution in [0.25, 0.3) is 10.8 Å². The van der Waals surface area contributed by atoms with Crippen LogP contribution in [0.2, 0.25) is 0 Å². The van der Waals surface area contributed by atoms with Crippen molar-refractivity contribution in [2.24, 2.45) is 5.92 Å². The van der Waals surface area contributed by atoms with Crippen LogP contribution in [0, 0.1) is 12.8 Å². The van der Waals surface area contributed by atoms with Gasteiger partial charge in [0.2, 0.25) is 0 Å². The van der Waals surface area contributed by atoms with Crippen LogP contribution < -0.4 is 10.6 Å². The van der Waals surface area contributed by atoms with E-state index in [0.29, 0.717) is 17.4 Å². The van der Waals surface area contributed by atoms with E-state index < -0.39 is 0 Å². The molecule has 0 aromatic heterocycles. The lowest BCUT2D eigenvalue weighted by Gasteiger charge is -2.38. The number of carbonyl (C=O) groups is 1. The summed E-state index contributed by atoms with van der Waals surface area (Å²) < 4.78 is 0. The minimum atomic E-state index is -0.0824. The van der Waals surface area contributed by atoms with Crippen molar-refractivity contribution in [2.45, 2.75) is 25.3 Å². The second-order valence-corrected chi connectivity index (χ2v) is 9.17. The number of hydrogen-bond donors (Lipinski definition) is 2. The van der Waals surface area contributed by atoms with E-state index in [4.69, 9.17) is 0 Å². The Labute approximate surface area is 194 Å². The van der Waals surface area contributed by atoms with E-state index >= 15 is 0 Å². The number of aryl methyl sites for hydroxylation is 1. The van der Waals surface area contributed by atoms with Gasteiger partial charge >= 0.3 is 0 Å². The molecule has 6 rings (SSSR count). The van der Waals surface area contributed by atoms with Gasteiger partial charge in [0.25, 0.3) is 5.91 Å². The molecule has 0 saturated heterocycles. The lowest BCUT2D eigenvalue weighted by Crippen LogP contribution is -2.29. The highest BCUT2D eigenvalue weighted by Gasteiger charge is 2.38. The Kier molecular flexibility index (Phi) is 4.76. The van der Waals surface area contributed by atoms with Gasteiger partial charge < -0.3 is 10.6 Å². The van der Waals surface area contributed by atoms with E-state index in [9.17, 15) is 4.79 Å². The van der Waals surface area contributed by atoms with E-state index in [1.807, 2.05) is 43.3 Å². The average molecular weight is 431 g/mol. The Balaban J connectivity index is 1.32. The molecule has 1 aliphatic heterocycles. The highest BCUT2D eigenvalue weighted by atomic mass is 16.1. The van der Waals surface area contributed by atoms with Gasteiger partial charge in [-0.2, -0.15) is 0 Å². The van der Waals surface area contributed by atoms with E-state index in [1.165, 1.54) is 27.6 Å². The van der Waals surface area contributed by atoms with Crippen LogP contribution >= 0.6 is 0 Å². The molecular weight excluding hydrogens is 404 g/mol.